The van der Waals surface area contributed by atoms with Crippen LogP contribution in [-0.4, -0.2) is 10.5 Å². The Kier molecular flexibility index (Phi) is 3.41. The molecule has 1 heterocycles. The summed E-state index contributed by atoms with van der Waals surface area (Å²) in [4.78, 5) is 12.4. The number of carbonyl (C=O) groups excluding carboxylic acids is 1. The summed E-state index contributed by atoms with van der Waals surface area (Å²) in [7, 11) is 0. The first-order valence-electron chi connectivity index (χ1n) is 7.08. The number of nitrogens with two attached hydrogens (primary N) is 1. The van der Waals surface area contributed by atoms with Gasteiger partial charge in [-0.25, -0.2) is 4.39 Å². The molecule has 2 aromatic rings. The topological polar surface area (TPSA) is 60.1 Å². The van der Waals surface area contributed by atoms with E-state index in [0.29, 0.717) is 17.4 Å². The Hall–Kier alpha value is -2.30. The van der Waals surface area contributed by atoms with Gasteiger partial charge in [0.1, 0.15) is 11.5 Å². The molecule has 0 saturated heterocycles. The molecular formula is C16H18FN3O. The third-order valence-corrected chi connectivity index (χ3v) is 3.76. The molecule has 4 nitrogen and oxygen atoms in total. The van der Waals surface area contributed by atoms with Crippen molar-refractivity contribution in [2.75, 3.05) is 5.73 Å². The first kappa shape index (κ1) is 13.7. The molecule has 1 aliphatic rings. The third kappa shape index (κ3) is 2.91. The number of aromatic nitrogens is 1. The van der Waals surface area contributed by atoms with Crippen LogP contribution in [0, 0.1) is 5.82 Å². The van der Waals surface area contributed by atoms with Gasteiger partial charge in [0.2, 0.25) is 0 Å². The van der Waals surface area contributed by atoms with Crippen LogP contribution in [0.4, 0.5) is 10.1 Å². The molecule has 21 heavy (non-hydrogen) atoms. The van der Waals surface area contributed by atoms with E-state index in [-0.39, 0.29) is 17.8 Å². The van der Waals surface area contributed by atoms with Crippen LogP contribution in [0.1, 0.15) is 47.9 Å². The second-order valence-corrected chi connectivity index (χ2v) is 5.54. The lowest BCUT2D eigenvalue weighted by Crippen LogP contribution is -2.28. The number of nitrogens with zero attached hydrogens (tertiary/aromatic N) is 1. The molecule has 3 N–H and O–H groups in total. The molecule has 3 rings (SSSR count). The maximum atomic E-state index is 12.9. The van der Waals surface area contributed by atoms with Gasteiger partial charge >= 0.3 is 0 Å². The number of nitrogens with one attached hydrogen (secondary N) is 1. The molecule has 5 heteroatoms. The highest BCUT2D eigenvalue weighted by atomic mass is 19.1. The molecule has 1 aromatic heterocycles. The summed E-state index contributed by atoms with van der Waals surface area (Å²) in [5, 5.41) is 2.93. The van der Waals surface area contributed by atoms with Gasteiger partial charge in [-0.15, -0.1) is 0 Å². The Bertz CT molecular complexity index is 659. The maximum absolute atomic E-state index is 12.9. The lowest BCUT2D eigenvalue weighted by Gasteiger charge is -2.15. The number of benzene rings is 1. The van der Waals surface area contributed by atoms with Crippen molar-refractivity contribution in [2.45, 2.75) is 31.8 Å². The van der Waals surface area contributed by atoms with Gasteiger partial charge in [-0.2, -0.15) is 0 Å². The molecule has 1 aromatic carbocycles. The van der Waals surface area contributed by atoms with Crippen LogP contribution in [0.25, 0.3) is 0 Å². The Morgan fingerprint density at radius 2 is 2.05 bits per heavy atom. The first-order valence-corrected chi connectivity index (χ1v) is 7.08. The summed E-state index contributed by atoms with van der Waals surface area (Å²) in [5.41, 5.74) is 7.85. The van der Waals surface area contributed by atoms with Crippen molar-refractivity contribution in [3.63, 3.8) is 0 Å². The van der Waals surface area contributed by atoms with Crippen molar-refractivity contribution in [1.82, 2.24) is 9.88 Å². The normalized spacial score (nSPS) is 15.7. The largest absolute Gasteiger partial charge is 0.397 e. The number of rotatable bonds is 4. The van der Waals surface area contributed by atoms with Crippen LogP contribution >= 0.6 is 0 Å². The average Bonchev–Trinajstić information content (AvgIpc) is 3.22. The highest BCUT2D eigenvalue weighted by molar-refractivity contribution is 5.94. The zero-order valence-electron chi connectivity index (χ0n) is 11.8. The molecule has 1 unspecified atom stereocenters. The van der Waals surface area contributed by atoms with E-state index in [2.05, 4.69) is 5.32 Å². The van der Waals surface area contributed by atoms with Crippen molar-refractivity contribution >= 4 is 11.6 Å². The van der Waals surface area contributed by atoms with Crippen LogP contribution in [0.3, 0.4) is 0 Å². The summed E-state index contributed by atoms with van der Waals surface area (Å²) < 4.78 is 14.9. The van der Waals surface area contributed by atoms with E-state index in [4.69, 9.17) is 5.73 Å². The third-order valence-electron chi connectivity index (χ3n) is 3.76. The van der Waals surface area contributed by atoms with Crippen LogP contribution in [-0.2, 0) is 0 Å². The van der Waals surface area contributed by atoms with E-state index < -0.39 is 0 Å². The van der Waals surface area contributed by atoms with Gasteiger partial charge in [0.25, 0.3) is 5.91 Å². The Morgan fingerprint density at radius 3 is 2.67 bits per heavy atom. The molecule has 1 fully saturated rings. The fourth-order valence-corrected chi connectivity index (χ4v) is 2.44. The van der Waals surface area contributed by atoms with E-state index in [1.807, 2.05) is 17.7 Å². The monoisotopic (exact) mass is 287 g/mol. The van der Waals surface area contributed by atoms with Crippen LogP contribution in [0.15, 0.2) is 36.5 Å². The van der Waals surface area contributed by atoms with E-state index in [9.17, 15) is 9.18 Å². The van der Waals surface area contributed by atoms with Gasteiger partial charge < -0.3 is 15.6 Å². The molecule has 1 atom stereocenters. The molecule has 0 aliphatic heterocycles. The van der Waals surface area contributed by atoms with E-state index in [1.165, 1.54) is 12.1 Å². The first-order chi connectivity index (χ1) is 10.0. The smallest absolute Gasteiger partial charge is 0.268 e. The molecule has 0 spiro atoms. The zero-order valence-corrected chi connectivity index (χ0v) is 11.8. The standard InChI is InChI=1S/C16H18FN3O/c1-10(11-2-4-12(17)5-3-11)19-16(21)15-8-13(18)9-20(15)14-6-7-14/h2-5,8-10,14H,6-7,18H2,1H3,(H,19,21). The Labute approximate surface area is 122 Å². The summed E-state index contributed by atoms with van der Waals surface area (Å²) in [6.45, 7) is 1.87. The van der Waals surface area contributed by atoms with Gasteiger partial charge in [0, 0.05) is 12.2 Å². The molecule has 1 saturated carbocycles. The molecule has 0 bridgehead atoms. The number of anilines is 1. The molecule has 110 valence electrons. The zero-order chi connectivity index (χ0) is 15.0. The van der Waals surface area contributed by atoms with Gasteiger partial charge in [-0.1, -0.05) is 12.1 Å². The fourth-order valence-electron chi connectivity index (χ4n) is 2.44. The molecule has 1 aliphatic carbocycles. The number of hydrogen-bond donors (Lipinski definition) is 2. The quantitative estimate of drug-likeness (QED) is 0.908. The number of hydrogen-bond acceptors (Lipinski definition) is 2. The summed E-state index contributed by atoms with van der Waals surface area (Å²) in [6.07, 6.45) is 3.99. The van der Waals surface area contributed by atoms with E-state index >= 15 is 0 Å². The van der Waals surface area contributed by atoms with Crippen molar-refractivity contribution in [2.24, 2.45) is 0 Å². The van der Waals surface area contributed by atoms with Crippen molar-refractivity contribution in [1.29, 1.82) is 0 Å². The molecule has 0 radical (unpaired) electrons. The maximum Gasteiger partial charge on any atom is 0.268 e. The average molecular weight is 287 g/mol. The van der Waals surface area contributed by atoms with Gasteiger partial charge in [0.05, 0.1) is 11.7 Å². The van der Waals surface area contributed by atoms with Gasteiger partial charge in [-0.05, 0) is 43.5 Å². The lowest BCUT2D eigenvalue weighted by molar-refractivity contribution is 0.0930. The van der Waals surface area contributed by atoms with E-state index in [1.54, 1.807) is 18.2 Å². The van der Waals surface area contributed by atoms with Gasteiger partial charge in [0.15, 0.2) is 0 Å². The van der Waals surface area contributed by atoms with Crippen molar-refractivity contribution in [3.05, 3.63) is 53.6 Å². The minimum atomic E-state index is -0.285. The summed E-state index contributed by atoms with van der Waals surface area (Å²) in [6, 6.07) is 8.03. The Balaban J connectivity index is 1.75. The summed E-state index contributed by atoms with van der Waals surface area (Å²) >= 11 is 0. The number of amides is 1. The van der Waals surface area contributed by atoms with Crippen molar-refractivity contribution in [3.8, 4) is 0 Å². The van der Waals surface area contributed by atoms with Crippen LogP contribution < -0.4 is 11.1 Å². The number of halogens is 1. The highest BCUT2D eigenvalue weighted by Crippen LogP contribution is 2.37. The van der Waals surface area contributed by atoms with E-state index in [0.717, 1.165) is 18.4 Å². The predicted octanol–water partition coefficient (Wildman–Crippen LogP) is 3.04. The minimum Gasteiger partial charge on any atom is -0.397 e. The predicted molar refractivity (Wildman–Crippen MR) is 79.4 cm³/mol. The SMILES string of the molecule is CC(NC(=O)c1cc(N)cn1C1CC1)c1ccc(F)cc1. The lowest BCUT2D eigenvalue weighted by atomic mass is 10.1. The van der Waals surface area contributed by atoms with Gasteiger partial charge in [-0.3, -0.25) is 4.79 Å². The molecule has 1 amide bonds. The highest BCUT2D eigenvalue weighted by Gasteiger charge is 2.28. The Morgan fingerprint density at radius 1 is 1.38 bits per heavy atom. The second-order valence-electron chi connectivity index (χ2n) is 5.54. The second kappa shape index (κ2) is 5.24. The van der Waals surface area contributed by atoms with Crippen LogP contribution in [0.5, 0.6) is 0 Å². The fraction of sp³-hybridized carbons (Fsp3) is 0.312. The number of nitrogen functional groups attached to an aromatic ring is 1. The molecular weight excluding hydrogens is 269 g/mol. The number of carbonyl (C=O) groups is 1. The van der Waals surface area contributed by atoms with Crippen molar-refractivity contribution < 1.29 is 9.18 Å². The van der Waals surface area contributed by atoms with Crippen LogP contribution in [0.2, 0.25) is 0 Å². The summed E-state index contributed by atoms with van der Waals surface area (Å²) in [5.74, 6) is -0.442. The minimum absolute atomic E-state index is 0.157.